The summed E-state index contributed by atoms with van der Waals surface area (Å²) in [6.07, 6.45) is -7.14. The van der Waals surface area contributed by atoms with Crippen LogP contribution in [0.25, 0.3) is 0 Å². The van der Waals surface area contributed by atoms with Crippen molar-refractivity contribution < 1.29 is 42.9 Å². The van der Waals surface area contributed by atoms with Crippen LogP contribution in [0.1, 0.15) is 50.6 Å². The Morgan fingerprint density at radius 3 is 1.89 bits per heavy atom. The number of hydrogen-bond acceptors (Lipinski definition) is 13. The van der Waals surface area contributed by atoms with E-state index in [4.69, 9.17) is 41.6 Å². The molecule has 1 aromatic rings. The van der Waals surface area contributed by atoms with Crippen molar-refractivity contribution in [2.75, 3.05) is 12.3 Å². The lowest BCUT2D eigenvalue weighted by Gasteiger charge is -2.45. The third-order valence-electron chi connectivity index (χ3n) is 5.14. The first-order valence-corrected chi connectivity index (χ1v) is 10.9. The lowest BCUT2D eigenvalue weighted by molar-refractivity contribution is -0.268. The molecule has 1 saturated heterocycles. The summed E-state index contributed by atoms with van der Waals surface area (Å²) in [4.78, 5) is 47.4. The summed E-state index contributed by atoms with van der Waals surface area (Å²) in [5.41, 5.74) is 6.31. The number of pyridine rings is 1. The first-order chi connectivity index (χ1) is 16.8. The van der Waals surface area contributed by atoms with Crippen LogP contribution in [-0.4, -0.2) is 59.5 Å². The molecular formula is C22H24N4O9S. The van der Waals surface area contributed by atoms with Crippen molar-refractivity contribution in [3.63, 3.8) is 0 Å². The lowest BCUT2D eigenvalue weighted by Crippen LogP contribution is -2.60. The highest BCUT2D eigenvalue weighted by Crippen LogP contribution is 2.37. The van der Waals surface area contributed by atoms with E-state index in [2.05, 4.69) is 0 Å². The van der Waals surface area contributed by atoms with Crippen LogP contribution in [0.3, 0.4) is 0 Å². The molecule has 2 rings (SSSR count). The Morgan fingerprint density at radius 1 is 0.917 bits per heavy atom. The van der Waals surface area contributed by atoms with Gasteiger partial charge in [-0.3, -0.25) is 23.7 Å². The summed E-state index contributed by atoms with van der Waals surface area (Å²) in [7, 11) is 0. The minimum absolute atomic E-state index is 0.0661. The van der Waals surface area contributed by atoms with Crippen molar-refractivity contribution in [1.82, 2.24) is 4.57 Å². The molecular weight excluding hydrogens is 496 g/mol. The van der Waals surface area contributed by atoms with Crippen molar-refractivity contribution in [1.29, 1.82) is 10.5 Å². The average Bonchev–Trinajstić information content (AvgIpc) is 2.75. The molecule has 0 unspecified atom stereocenters. The number of nitrogens with zero attached hydrogens (tertiary/aromatic N) is 3. The summed E-state index contributed by atoms with van der Waals surface area (Å²) in [6.45, 7) is 5.40. The minimum Gasteiger partial charge on any atom is -0.463 e. The van der Waals surface area contributed by atoms with Gasteiger partial charge in [-0.1, -0.05) is 12.2 Å². The van der Waals surface area contributed by atoms with E-state index in [1.807, 2.05) is 12.1 Å². The van der Waals surface area contributed by atoms with Gasteiger partial charge in [-0.2, -0.15) is 10.5 Å². The topological polar surface area (TPSA) is 193 Å². The van der Waals surface area contributed by atoms with Crippen molar-refractivity contribution >= 4 is 41.9 Å². The van der Waals surface area contributed by atoms with Gasteiger partial charge in [0.2, 0.25) is 0 Å². The number of carbonyl (C=O) groups excluding carboxylic acids is 4. The van der Waals surface area contributed by atoms with E-state index in [9.17, 15) is 29.7 Å². The molecule has 0 radical (unpaired) electrons. The lowest BCUT2D eigenvalue weighted by atomic mass is 9.96. The first kappa shape index (κ1) is 28.2. The number of hydrogen-bond donors (Lipinski definition) is 1. The molecule has 2 heterocycles. The Labute approximate surface area is 211 Å². The van der Waals surface area contributed by atoms with E-state index in [-0.39, 0.29) is 27.1 Å². The Balaban J connectivity index is 2.86. The van der Waals surface area contributed by atoms with Crippen LogP contribution >= 0.6 is 12.2 Å². The summed E-state index contributed by atoms with van der Waals surface area (Å²) >= 11 is 5.44. The molecule has 13 nitrogen and oxygen atoms in total. The van der Waals surface area contributed by atoms with Crippen molar-refractivity contribution in [2.45, 2.75) is 65.3 Å². The normalized spacial score (nSPS) is 22.9. The number of anilines is 1. The van der Waals surface area contributed by atoms with Gasteiger partial charge in [-0.15, -0.1) is 0 Å². The largest absolute Gasteiger partial charge is 0.463 e. The second-order valence-corrected chi connectivity index (χ2v) is 8.14. The Hall–Kier alpha value is -4.01. The maximum atomic E-state index is 12.0. The molecule has 0 aromatic carbocycles. The van der Waals surface area contributed by atoms with E-state index >= 15 is 0 Å². The molecule has 192 valence electrons. The molecule has 1 aliphatic rings. The second-order valence-electron chi connectivity index (χ2n) is 7.75. The maximum absolute atomic E-state index is 12.0. The first-order valence-electron chi connectivity index (χ1n) is 10.5. The SMILES string of the molecule is CC(=O)OC[C@H]1O[C@@H](n2c(N)c(C#N)c(C)c(C#N)c2=S)[C@H](OC(C)=O)[C@@H](OC(C)=O)[C@@H]1OC(C)=O. The van der Waals surface area contributed by atoms with E-state index in [1.165, 1.54) is 6.92 Å². The van der Waals surface area contributed by atoms with Crippen LogP contribution < -0.4 is 5.73 Å². The molecule has 0 amide bonds. The highest BCUT2D eigenvalue weighted by molar-refractivity contribution is 7.71. The van der Waals surface area contributed by atoms with Gasteiger partial charge in [0, 0.05) is 27.7 Å². The average molecular weight is 521 g/mol. The zero-order valence-electron chi connectivity index (χ0n) is 20.1. The molecule has 14 heteroatoms. The van der Waals surface area contributed by atoms with Gasteiger partial charge in [0.05, 0.1) is 11.1 Å². The smallest absolute Gasteiger partial charge is 0.303 e. The number of rotatable bonds is 6. The zero-order chi connectivity index (χ0) is 27.3. The highest BCUT2D eigenvalue weighted by atomic mass is 32.1. The number of nitrogens with two attached hydrogens (primary N) is 1. The van der Waals surface area contributed by atoms with Crippen LogP contribution in [-0.2, 0) is 42.9 Å². The molecule has 0 spiro atoms. The molecule has 36 heavy (non-hydrogen) atoms. The predicted molar refractivity (Wildman–Crippen MR) is 121 cm³/mol. The fourth-order valence-corrected chi connectivity index (χ4v) is 4.17. The quantitative estimate of drug-likeness (QED) is 0.319. The molecule has 1 fully saturated rings. The van der Waals surface area contributed by atoms with Crippen LogP contribution in [0.4, 0.5) is 5.82 Å². The molecule has 1 aromatic heterocycles. The number of aromatic nitrogens is 1. The second kappa shape index (κ2) is 11.6. The van der Waals surface area contributed by atoms with Crippen molar-refractivity contribution in [3.05, 3.63) is 21.3 Å². The number of esters is 4. The summed E-state index contributed by atoms with van der Waals surface area (Å²) in [5, 5.41) is 19.3. The van der Waals surface area contributed by atoms with Gasteiger partial charge >= 0.3 is 23.9 Å². The molecule has 0 bridgehead atoms. The van der Waals surface area contributed by atoms with Gasteiger partial charge in [0.15, 0.2) is 24.5 Å². The van der Waals surface area contributed by atoms with E-state index in [0.717, 1.165) is 32.3 Å². The van der Waals surface area contributed by atoms with Gasteiger partial charge in [0.1, 0.15) is 35.3 Å². The fourth-order valence-electron chi connectivity index (χ4n) is 3.77. The molecule has 0 aliphatic carbocycles. The van der Waals surface area contributed by atoms with E-state index < -0.39 is 61.1 Å². The predicted octanol–water partition coefficient (Wildman–Crippen LogP) is 1.11. The number of carbonyl (C=O) groups is 4. The zero-order valence-corrected chi connectivity index (χ0v) is 20.9. The highest BCUT2D eigenvalue weighted by Gasteiger charge is 2.53. The Bertz CT molecular complexity index is 1230. The van der Waals surface area contributed by atoms with Crippen LogP contribution in [0, 0.1) is 34.2 Å². The standard InChI is InChI=1S/C22H24N4O9S/c1-9-14(6-23)20(25)26(22(36)15(9)7-24)21-19(34-13(5)30)18(33-12(4)29)17(32-11(3)28)16(35-21)8-31-10(2)27/h16-19,21H,8,25H2,1-5H3/t16-,17-,18+,19-,21-/m1/s1. The maximum Gasteiger partial charge on any atom is 0.303 e. The van der Waals surface area contributed by atoms with Crippen molar-refractivity contribution in [3.8, 4) is 12.1 Å². The fraction of sp³-hybridized carbons (Fsp3) is 0.500. The summed E-state index contributed by atoms with van der Waals surface area (Å²) in [6, 6.07) is 3.81. The van der Waals surface area contributed by atoms with Gasteiger partial charge in [-0.05, 0) is 12.5 Å². The Morgan fingerprint density at radius 2 is 1.42 bits per heavy atom. The molecule has 2 N–H and O–H groups in total. The van der Waals surface area contributed by atoms with Gasteiger partial charge in [-0.25, -0.2) is 0 Å². The van der Waals surface area contributed by atoms with Crippen LogP contribution in [0.2, 0.25) is 0 Å². The van der Waals surface area contributed by atoms with Gasteiger partial charge in [0.25, 0.3) is 0 Å². The third-order valence-corrected chi connectivity index (χ3v) is 5.54. The third kappa shape index (κ3) is 5.97. The van der Waals surface area contributed by atoms with Crippen molar-refractivity contribution in [2.24, 2.45) is 0 Å². The van der Waals surface area contributed by atoms with Crippen LogP contribution in [0.15, 0.2) is 0 Å². The van der Waals surface area contributed by atoms with Gasteiger partial charge < -0.3 is 29.4 Å². The number of ether oxygens (including phenoxy) is 5. The van der Waals surface area contributed by atoms with Crippen LogP contribution in [0.5, 0.6) is 0 Å². The minimum atomic E-state index is -1.51. The summed E-state index contributed by atoms with van der Waals surface area (Å²) in [5.74, 6) is -3.35. The van der Waals surface area contributed by atoms with E-state index in [1.54, 1.807) is 0 Å². The summed E-state index contributed by atoms with van der Waals surface area (Å²) < 4.78 is 28.1. The van der Waals surface area contributed by atoms with E-state index in [0.29, 0.717) is 0 Å². The molecule has 5 atom stereocenters. The number of nitriles is 2. The molecule has 0 saturated carbocycles. The molecule has 1 aliphatic heterocycles. The Kier molecular flexibility index (Phi) is 9.11. The number of nitrogen functional groups attached to an aromatic ring is 1. The monoisotopic (exact) mass is 520 g/mol.